The summed E-state index contributed by atoms with van der Waals surface area (Å²) in [5.74, 6) is 0.450. The predicted molar refractivity (Wildman–Crippen MR) is 88.7 cm³/mol. The van der Waals surface area contributed by atoms with Gasteiger partial charge in [0.05, 0.1) is 5.02 Å². The van der Waals surface area contributed by atoms with E-state index >= 15 is 0 Å². The second-order valence-electron chi connectivity index (χ2n) is 5.27. The fourth-order valence-electron chi connectivity index (χ4n) is 2.70. The molecule has 1 atom stereocenters. The van der Waals surface area contributed by atoms with Crippen LogP contribution in [0.25, 0.3) is 11.1 Å². The normalized spacial score (nSPS) is 12.3. The van der Waals surface area contributed by atoms with E-state index in [-0.39, 0.29) is 6.61 Å². The zero-order chi connectivity index (χ0) is 15.1. The van der Waals surface area contributed by atoms with Crippen LogP contribution in [0.4, 0.5) is 0 Å². The molecule has 0 radical (unpaired) electrons. The first kappa shape index (κ1) is 16.0. The summed E-state index contributed by atoms with van der Waals surface area (Å²) in [5, 5.41) is 9.78. The number of nitrogens with zero attached hydrogens (tertiary/aromatic N) is 1. The molecule has 0 aliphatic rings. The number of rotatable bonds is 7. The molecule has 0 bridgehead atoms. The van der Waals surface area contributed by atoms with Crippen LogP contribution >= 0.6 is 11.6 Å². The summed E-state index contributed by atoms with van der Waals surface area (Å²) in [5.41, 5.74) is 3.38. The summed E-state index contributed by atoms with van der Waals surface area (Å²) in [6.45, 7) is 2.46. The smallest absolute Gasteiger partial charge is 0.0519 e. The molecule has 0 amide bonds. The second-order valence-corrected chi connectivity index (χ2v) is 5.65. The van der Waals surface area contributed by atoms with Gasteiger partial charge in [0.2, 0.25) is 0 Å². The molecule has 0 spiro atoms. The molecular formula is C18H22ClNO. The molecule has 1 aromatic heterocycles. The maximum absolute atomic E-state index is 8.94. The number of aliphatic hydroxyl groups excluding tert-OH is 1. The van der Waals surface area contributed by atoms with Gasteiger partial charge in [0.15, 0.2) is 0 Å². The average molecular weight is 304 g/mol. The lowest BCUT2D eigenvalue weighted by atomic mass is 9.89. The average Bonchev–Trinajstić information content (AvgIpc) is 2.53. The molecule has 1 N–H and O–H groups in total. The van der Waals surface area contributed by atoms with Crippen molar-refractivity contribution in [1.82, 2.24) is 4.98 Å². The third kappa shape index (κ3) is 4.05. The molecule has 21 heavy (non-hydrogen) atoms. The number of hydrogen-bond acceptors (Lipinski definition) is 2. The Bertz CT molecular complexity index is 556. The van der Waals surface area contributed by atoms with Crippen molar-refractivity contribution in [1.29, 1.82) is 0 Å². The standard InChI is InChI=1S/C18H22ClNO/c1-2-14(6-3-4-13-21)16-7-5-8-17(18(16)19)15-9-11-20-12-10-15/h5,7-12,14,21H,2-4,6,13H2,1H3/t14-/m0/s1. The Hall–Kier alpha value is -1.38. The van der Waals surface area contributed by atoms with Crippen LogP contribution in [0.15, 0.2) is 42.7 Å². The Labute approximate surface area is 131 Å². The van der Waals surface area contributed by atoms with E-state index in [2.05, 4.69) is 30.1 Å². The first-order chi connectivity index (χ1) is 10.3. The topological polar surface area (TPSA) is 33.1 Å². The molecule has 0 aliphatic heterocycles. The fourth-order valence-corrected chi connectivity index (χ4v) is 3.09. The van der Waals surface area contributed by atoms with Crippen LogP contribution in [0.3, 0.4) is 0 Å². The minimum atomic E-state index is 0.265. The molecule has 3 heteroatoms. The Morgan fingerprint density at radius 2 is 1.90 bits per heavy atom. The van der Waals surface area contributed by atoms with Crippen molar-refractivity contribution in [2.24, 2.45) is 0 Å². The molecule has 0 saturated carbocycles. The maximum atomic E-state index is 8.94. The van der Waals surface area contributed by atoms with Crippen molar-refractivity contribution >= 4 is 11.6 Å². The largest absolute Gasteiger partial charge is 0.396 e. The van der Waals surface area contributed by atoms with Crippen molar-refractivity contribution < 1.29 is 5.11 Å². The monoisotopic (exact) mass is 303 g/mol. The van der Waals surface area contributed by atoms with Gasteiger partial charge in [-0.1, -0.05) is 43.1 Å². The number of unbranched alkanes of at least 4 members (excludes halogenated alkanes) is 1. The van der Waals surface area contributed by atoms with Crippen LogP contribution < -0.4 is 0 Å². The van der Waals surface area contributed by atoms with Crippen LogP contribution in [-0.2, 0) is 0 Å². The molecule has 0 fully saturated rings. The number of benzene rings is 1. The first-order valence-electron chi connectivity index (χ1n) is 7.57. The maximum Gasteiger partial charge on any atom is 0.0519 e. The van der Waals surface area contributed by atoms with Gasteiger partial charge in [0, 0.05) is 24.6 Å². The molecule has 1 aromatic carbocycles. The van der Waals surface area contributed by atoms with Crippen LogP contribution in [-0.4, -0.2) is 16.7 Å². The van der Waals surface area contributed by atoms with Gasteiger partial charge in [-0.05, 0) is 48.4 Å². The Morgan fingerprint density at radius 3 is 2.57 bits per heavy atom. The molecule has 0 aliphatic carbocycles. The SMILES string of the molecule is CC[C@@H](CCCCO)c1cccc(-c2ccncc2)c1Cl. The Morgan fingerprint density at radius 1 is 1.14 bits per heavy atom. The van der Waals surface area contributed by atoms with Gasteiger partial charge in [-0.25, -0.2) is 0 Å². The van der Waals surface area contributed by atoms with Crippen molar-refractivity contribution in [2.45, 2.75) is 38.5 Å². The Kier molecular flexibility index (Phi) is 6.21. The summed E-state index contributed by atoms with van der Waals surface area (Å²) in [4.78, 5) is 4.06. The summed E-state index contributed by atoms with van der Waals surface area (Å²) >= 11 is 6.66. The van der Waals surface area contributed by atoms with Crippen molar-refractivity contribution in [3.8, 4) is 11.1 Å². The number of aliphatic hydroxyl groups is 1. The van der Waals surface area contributed by atoms with E-state index in [0.717, 1.165) is 41.8 Å². The van der Waals surface area contributed by atoms with Gasteiger partial charge in [0.1, 0.15) is 0 Å². The number of pyridine rings is 1. The first-order valence-corrected chi connectivity index (χ1v) is 7.95. The number of halogens is 1. The van der Waals surface area contributed by atoms with Crippen LogP contribution in [0, 0.1) is 0 Å². The molecule has 2 rings (SSSR count). The highest BCUT2D eigenvalue weighted by Crippen LogP contribution is 2.37. The van der Waals surface area contributed by atoms with Gasteiger partial charge in [-0.3, -0.25) is 4.98 Å². The molecule has 0 saturated heterocycles. The van der Waals surface area contributed by atoms with Crippen LogP contribution in [0.1, 0.15) is 44.1 Å². The minimum Gasteiger partial charge on any atom is -0.396 e. The van der Waals surface area contributed by atoms with Crippen molar-refractivity contribution in [3.05, 3.63) is 53.3 Å². The molecule has 2 aromatic rings. The third-order valence-electron chi connectivity index (χ3n) is 3.91. The molecular weight excluding hydrogens is 282 g/mol. The highest BCUT2D eigenvalue weighted by atomic mass is 35.5. The Balaban J connectivity index is 2.28. The lowest BCUT2D eigenvalue weighted by Crippen LogP contribution is -2.00. The number of hydrogen-bond donors (Lipinski definition) is 1. The van der Waals surface area contributed by atoms with E-state index < -0.39 is 0 Å². The van der Waals surface area contributed by atoms with E-state index in [1.54, 1.807) is 12.4 Å². The van der Waals surface area contributed by atoms with Gasteiger partial charge in [-0.2, -0.15) is 0 Å². The summed E-state index contributed by atoms with van der Waals surface area (Å²) in [6.07, 6.45) is 7.60. The molecule has 2 nitrogen and oxygen atoms in total. The van der Waals surface area contributed by atoms with Crippen molar-refractivity contribution in [2.75, 3.05) is 6.61 Å². The predicted octanol–water partition coefficient (Wildman–Crippen LogP) is 5.06. The van der Waals surface area contributed by atoms with E-state index in [1.165, 1.54) is 5.56 Å². The van der Waals surface area contributed by atoms with Crippen LogP contribution in [0.2, 0.25) is 5.02 Å². The lowest BCUT2D eigenvalue weighted by Gasteiger charge is -2.18. The van der Waals surface area contributed by atoms with E-state index in [1.807, 2.05) is 12.1 Å². The van der Waals surface area contributed by atoms with E-state index in [4.69, 9.17) is 16.7 Å². The lowest BCUT2D eigenvalue weighted by molar-refractivity contribution is 0.281. The van der Waals surface area contributed by atoms with Crippen molar-refractivity contribution in [3.63, 3.8) is 0 Å². The second kappa shape index (κ2) is 8.16. The van der Waals surface area contributed by atoms with E-state index in [9.17, 15) is 0 Å². The van der Waals surface area contributed by atoms with Gasteiger partial charge in [0.25, 0.3) is 0 Å². The van der Waals surface area contributed by atoms with Crippen LogP contribution in [0.5, 0.6) is 0 Å². The third-order valence-corrected chi connectivity index (χ3v) is 4.34. The van der Waals surface area contributed by atoms with Gasteiger partial charge >= 0.3 is 0 Å². The molecule has 0 unspecified atom stereocenters. The molecule has 1 heterocycles. The molecule has 112 valence electrons. The quantitative estimate of drug-likeness (QED) is 0.725. The van der Waals surface area contributed by atoms with E-state index in [0.29, 0.717) is 5.92 Å². The summed E-state index contributed by atoms with van der Waals surface area (Å²) in [7, 11) is 0. The number of aromatic nitrogens is 1. The highest BCUT2D eigenvalue weighted by Gasteiger charge is 2.15. The van der Waals surface area contributed by atoms with Gasteiger partial charge in [-0.15, -0.1) is 0 Å². The zero-order valence-electron chi connectivity index (χ0n) is 12.4. The summed E-state index contributed by atoms with van der Waals surface area (Å²) in [6, 6.07) is 10.2. The minimum absolute atomic E-state index is 0.265. The highest BCUT2D eigenvalue weighted by molar-refractivity contribution is 6.34. The summed E-state index contributed by atoms with van der Waals surface area (Å²) < 4.78 is 0. The van der Waals surface area contributed by atoms with Gasteiger partial charge < -0.3 is 5.11 Å². The zero-order valence-corrected chi connectivity index (χ0v) is 13.2. The fraction of sp³-hybridized carbons (Fsp3) is 0.389.